The lowest BCUT2D eigenvalue weighted by molar-refractivity contribution is -0.357. The van der Waals surface area contributed by atoms with Gasteiger partial charge in [-0.25, -0.2) is 0 Å². The normalized spacial score (nSPS) is 17.1. The number of anilines is 1. The Labute approximate surface area is 140 Å². The number of hydrogen-bond donors (Lipinski definition) is 2. The predicted molar refractivity (Wildman–Crippen MR) is 91.6 cm³/mol. The van der Waals surface area contributed by atoms with E-state index < -0.39 is 6.04 Å². The van der Waals surface area contributed by atoms with Crippen LogP contribution in [0.3, 0.4) is 0 Å². The van der Waals surface area contributed by atoms with Crippen molar-refractivity contribution in [2.45, 2.75) is 18.9 Å². The van der Waals surface area contributed by atoms with Crippen LogP contribution < -0.4 is 15.8 Å². The van der Waals surface area contributed by atoms with Gasteiger partial charge in [-0.1, -0.05) is 24.3 Å². The third-order valence-corrected chi connectivity index (χ3v) is 4.40. The largest absolute Gasteiger partial charge is 0.496 e. The maximum Gasteiger partial charge on any atom is 0.278 e. The van der Waals surface area contributed by atoms with E-state index in [0.717, 1.165) is 17.2 Å². The standard InChI is InChI=1S/C18H21N3O3/c1-24-16-10-13(9-12-5-2-3-6-14(12)16)20-18(23)15-7-4-8-21(15)17(22)11-19/h2-3,5-6,9-10,15H,4,7-8,11,19H2,1H3,(H,20,23)/p+1/t15-/m0/s1. The summed E-state index contributed by atoms with van der Waals surface area (Å²) in [6, 6.07) is 11.1. The molecule has 6 heteroatoms. The molecule has 6 nitrogen and oxygen atoms in total. The first-order valence-corrected chi connectivity index (χ1v) is 8.10. The van der Waals surface area contributed by atoms with Gasteiger partial charge in [-0.2, -0.15) is 0 Å². The van der Waals surface area contributed by atoms with Gasteiger partial charge in [-0.15, -0.1) is 0 Å². The summed E-state index contributed by atoms with van der Waals surface area (Å²) >= 11 is 0. The first-order chi connectivity index (χ1) is 11.6. The molecule has 0 spiro atoms. The quantitative estimate of drug-likeness (QED) is 0.878. The number of benzene rings is 2. The summed E-state index contributed by atoms with van der Waals surface area (Å²) in [6.07, 6.45) is 1.52. The molecule has 1 atom stereocenters. The number of quaternary nitrogens is 1. The van der Waals surface area contributed by atoms with Gasteiger partial charge in [0.15, 0.2) is 6.54 Å². The number of fused-ring (bicyclic) bond motifs is 1. The lowest BCUT2D eigenvalue weighted by Crippen LogP contribution is -2.59. The van der Waals surface area contributed by atoms with Crippen molar-refractivity contribution in [2.75, 3.05) is 25.5 Å². The van der Waals surface area contributed by atoms with Crippen LogP contribution in [0.15, 0.2) is 36.4 Å². The van der Waals surface area contributed by atoms with E-state index in [4.69, 9.17) is 4.74 Å². The van der Waals surface area contributed by atoms with Crippen molar-refractivity contribution < 1.29 is 20.1 Å². The molecule has 0 unspecified atom stereocenters. The van der Waals surface area contributed by atoms with E-state index in [1.54, 1.807) is 12.0 Å². The summed E-state index contributed by atoms with van der Waals surface area (Å²) < 4.78 is 5.43. The molecule has 0 bridgehead atoms. The summed E-state index contributed by atoms with van der Waals surface area (Å²) in [5, 5.41) is 4.91. The van der Waals surface area contributed by atoms with Crippen LogP contribution in [-0.4, -0.2) is 43.0 Å². The fraction of sp³-hybridized carbons (Fsp3) is 0.333. The summed E-state index contributed by atoms with van der Waals surface area (Å²) in [7, 11) is 1.61. The Morgan fingerprint density at radius 2 is 2.12 bits per heavy atom. The second-order valence-electron chi connectivity index (χ2n) is 5.88. The van der Waals surface area contributed by atoms with Gasteiger partial charge in [0.2, 0.25) is 5.91 Å². The fourth-order valence-electron chi connectivity index (χ4n) is 3.22. The molecular weight excluding hydrogens is 306 g/mol. The van der Waals surface area contributed by atoms with Gasteiger partial charge in [0.1, 0.15) is 11.8 Å². The van der Waals surface area contributed by atoms with Crippen LogP contribution >= 0.6 is 0 Å². The van der Waals surface area contributed by atoms with Gasteiger partial charge in [-0.05, 0) is 24.3 Å². The van der Waals surface area contributed by atoms with Crippen molar-refractivity contribution in [1.82, 2.24) is 4.90 Å². The van der Waals surface area contributed by atoms with Crippen molar-refractivity contribution in [3.8, 4) is 5.75 Å². The third kappa shape index (κ3) is 3.05. The number of amides is 2. The van der Waals surface area contributed by atoms with Crippen molar-refractivity contribution in [1.29, 1.82) is 0 Å². The van der Waals surface area contributed by atoms with Gasteiger partial charge in [0.05, 0.1) is 7.11 Å². The van der Waals surface area contributed by atoms with E-state index >= 15 is 0 Å². The molecule has 1 aliphatic rings. The Morgan fingerprint density at radius 3 is 2.88 bits per heavy atom. The number of nitrogens with zero attached hydrogens (tertiary/aromatic N) is 1. The second kappa shape index (κ2) is 6.88. The zero-order valence-electron chi connectivity index (χ0n) is 13.7. The molecule has 126 valence electrons. The predicted octanol–water partition coefficient (Wildman–Crippen LogP) is 1.02. The number of carbonyl (C=O) groups excluding carboxylic acids is 2. The van der Waals surface area contributed by atoms with Gasteiger partial charge in [-0.3, -0.25) is 9.59 Å². The van der Waals surface area contributed by atoms with Gasteiger partial charge >= 0.3 is 0 Å². The van der Waals surface area contributed by atoms with Crippen LogP contribution in [0.4, 0.5) is 5.69 Å². The highest BCUT2D eigenvalue weighted by Crippen LogP contribution is 2.30. The average Bonchev–Trinajstić information content (AvgIpc) is 3.10. The zero-order valence-corrected chi connectivity index (χ0v) is 13.7. The molecule has 2 aromatic carbocycles. The summed E-state index contributed by atoms with van der Waals surface area (Å²) in [5.41, 5.74) is 4.30. The lowest BCUT2D eigenvalue weighted by Gasteiger charge is -2.22. The Balaban J connectivity index is 1.84. The molecule has 2 aromatic rings. The molecule has 2 amide bonds. The molecule has 1 saturated heterocycles. The van der Waals surface area contributed by atoms with Crippen LogP contribution in [0.5, 0.6) is 5.75 Å². The number of rotatable bonds is 4. The molecule has 0 saturated carbocycles. The molecule has 4 N–H and O–H groups in total. The van der Waals surface area contributed by atoms with Crippen molar-refractivity contribution in [3.63, 3.8) is 0 Å². The molecule has 1 heterocycles. The van der Waals surface area contributed by atoms with E-state index in [2.05, 4.69) is 11.1 Å². The highest BCUT2D eigenvalue weighted by Gasteiger charge is 2.34. The average molecular weight is 328 g/mol. The first-order valence-electron chi connectivity index (χ1n) is 8.10. The lowest BCUT2D eigenvalue weighted by atomic mass is 10.1. The zero-order chi connectivity index (χ0) is 17.1. The Morgan fingerprint density at radius 1 is 1.33 bits per heavy atom. The summed E-state index contributed by atoms with van der Waals surface area (Å²) in [6.45, 7) is 0.793. The van der Waals surface area contributed by atoms with E-state index in [9.17, 15) is 9.59 Å². The van der Waals surface area contributed by atoms with E-state index in [1.165, 1.54) is 0 Å². The maximum atomic E-state index is 12.6. The number of hydrogen-bond acceptors (Lipinski definition) is 3. The molecule has 3 rings (SSSR count). The van der Waals surface area contributed by atoms with Crippen LogP contribution in [0, 0.1) is 0 Å². The fourth-order valence-corrected chi connectivity index (χ4v) is 3.22. The highest BCUT2D eigenvalue weighted by atomic mass is 16.5. The molecule has 24 heavy (non-hydrogen) atoms. The number of methoxy groups -OCH3 is 1. The maximum absolute atomic E-state index is 12.6. The molecule has 1 fully saturated rings. The van der Waals surface area contributed by atoms with Crippen LogP contribution in [0.2, 0.25) is 0 Å². The Kier molecular flexibility index (Phi) is 4.66. The minimum Gasteiger partial charge on any atom is -0.496 e. The number of nitrogens with one attached hydrogen (secondary N) is 1. The highest BCUT2D eigenvalue weighted by molar-refractivity contribution is 6.00. The minimum absolute atomic E-state index is 0.0799. The van der Waals surface area contributed by atoms with Gasteiger partial charge < -0.3 is 20.7 Å². The van der Waals surface area contributed by atoms with Crippen LogP contribution in [-0.2, 0) is 9.59 Å². The van der Waals surface area contributed by atoms with Crippen molar-refractivity contribution in [2.24, 2.45) is 0 Å². The minimum atomic E-state index is -0.420. The van der Waals surface area contributed by atoms with Crippen molar-refractivity contribution in [3.05, 3.63) is 36.4 Å². The molecule has 1 aliphatic heterocycles. The van der Waals surface area contributed by atoms with E-state index in [0.29, 0.717) is 24.4 Å². The van der Waals surface area contributed by atoms with E-state index in [-0.39, 0.29) is 18.4 Å². The topological polar surface area (TPSA) is 86.3 Å². The summed E-state index contributed by atoms with van der Waals surface area (Å²) in [4.78, 5) is 26.2. The molecule has 0 radical (unpaired) electrons. The van der Waals surface area contributed by atoms with Gasteiger partial charge in [0.25, 0.3) is 5.91 Å². The van der Waals surface area contributed by atoms with Crippen LogP contribution in [0.25, 0.3) is 10.8 Å². The Hall–Kier alpha value is -2.60. The first kappa shape index (κ1) is 16.3. The third-order valence-electron chi connectivity index (χ3n) is 4.40. The molecular formula is C18H22N3O3+. The number of likely N-dealkylation sites (tertiary alicyclic amines) is 1. The Bertz CT molecular complexity index is 775. The van der Waals surface area contributed by atoms with Crippen LogP contribution in [0.1, 0.15) is 12.8 Å². The SMILES string of the molecule is COc1cc(NC(=O)[C@@H]2CCCN2C(=O)C[NH3+])cc2ccccc12. The number of carbonyl (C=O) groups is 2. The van der Waals surface area contributed by atoms with E-state index in [1.807, 2.05) is 36.4 Å². The summed E-state index contributed by atoms with van der Waals surface area (Å²) in [5.74, 6) is 0.468. The van der Waals surface area contributed by atoms with Crippen molar-refractivity contribution >= 4 is 28.3 Å². The van der Waals surface area contributed by atoms with Gasteiger partial charge in [0, 0.05) is 23.7 Å². The molecule has 0 aliphatic carbocycles. The smallest absolute Gasteiger partial charge is 0.278 e. The number of ether oxygens (including phenoxy) is 1. The second-order valence-corrected chi connectivity index (χ2v) is 5.88. The monoisotopic (exact) mass is 328 g/mol. The molecule has 0 aromatic heterocycles.